The van der Waals surface area contributed by atoms with Crippen molar-refractivity contribution in [3.63, 3.8) is 0 Å². The number of aliphatic hydroxyl groups is 1. The van der Waals surface area contributed by atoms with Gasteiger partial charge in [-0.1, -0.05) is 11.8 Å². The average Bonchev–Trinajstić information content (AvgIpc) is 3.14. The summed E-state index contributed by atoms with van der Waals surface area (Å²) >= 11 is 1.67. The van der Waals surface area contributed by atoms with Crippen LogP contribution in [0.1, 0.15) is 54.8 Å². The lowest BCUT2D eigenvalue weighted by atomic mass is 9.93. The number of carbonyl (C=O) groups is 1. The van der Waals surface area contributed by atoms with E-state index in [2.05, 4.69) is 28.1 Å². The Morgan fingerprint density at radius 1 is 1.35 bits per heavy atom. The van der Waals surface area contributed by atoms with Gasteiger partial charge in [0.15, 0.2) is 0 Å². The number of rotatable bonds is 6. The molecule has 2 heterocycles. The number of hydrogen-bond donors (Lipinski definition) is 2. The molecule has 1 aliphatic rings. The minimum atomic E-state index is -0.980. The number of likely N-dealkylation sites (tertiary alicyclic amines) is 1. The maximum Gasteiger partial charge on any atom is 0.224 e. The van der Waals surface area contributed by atoms with E-state index in [1.807, 2.05) is 6.07 Å². The molecule has 0 saturated carbocycles. The highest BCUT2D eigenvalue weighted by atomic mass is 32.1. The summed E-state index contributed by atoms with van der Waals surface area (Å²) in [6.07, 6.45) is 3.62. The topological polar surface area (TPSA) is 52.6 Å². The van der Waals surface area contributed by atoms with Crippen LogP contribution in [0.3, 0.4) is 0 Å². The first-order valence-electron chi connectivity index (χ1n) is 10.8. The van der Waals surface area contributed by atoms with Crippen molar-refractivity contribution in [1.82, 2.24) is 4.90 Å². The molecule has 0 aliphatic carbocycles. The number of benzene rings is 1. The van der Waals surface area contributed by atoms with E-state index in [1.165, 1.54) is 17.0 Å². The monoisotopic (exact) mass is 442 g/mol. The Hall–Kier alpha value is -2.20. The zero-order valence-corrected chi connectivity index (χ0v) is 19.3. The molecule has 1 amide bonds. The maximum absolute atomic E-state index is 13.2. The molecule has 4 nitrogen and oxygen atoms in total. The molecule has 6 heteroatoms. The van der Waals surface area contributed by atoms with Crippen LogP contribution in [0.15, 0.2) is 30.3 Å². The lowest BCUT2D eigenvalue weighted by Gasteiger charge is -2.32. The Bertz CT molecular complexity index is 968. The molecule has 0 radical (unpaired) electrons. The van der Waals surface area contributed by atoms with Gasteiger partial charge in [0.05, 0.1) is 4.88 Å². The van der Waals surface area contributed by atoms with Crippen molar-refractivity contribution in [2.45, 2.75) is 58.6 Å². The van der Waals surface area contributed by atoms with Crippen LogP contribution in [0.25, 0.3) is 0 Å². The van der Waals surface area contributed by atoms with Crippen molar-refractivity contribution in [2.24, 2.45) is 5.92 Å². The van der Waals surface area contributed by atoms with Gasteiger partial charge >= 0.3 is 0 Å². The molecule has 1 saturated heterocycles. The number of piperidine rings is 1. The summed E-state index contributed by atoms with van der Waals surface area (Å²) in [7, 11) is 0. The lowest BCUT2D eigenvalue weighted by Crippen LogP contribution is -2.35. The van der Waals surface area contributed by atoms with E-state index in [4.69, 9.17) is 0 Å². The first-order valence-corrected chi connectivity index (χ1v) is 11.6. The molecule has 0 unspecified atom stereocenters. The van der Waals surface area contributed by atoms with E-state index in [1.54, 1.807) is 38.2 Å². The van der Waals surface area contributed by atoms with Crippen LogP contribution in [0.2, 0.25) is 0 Å². The Balaban J connectivity index is 1.46. The van der Waals surface area contributed by atoms with Crippen molar-refractivity contribution in [3.8, 4) is 11.8 Å². The molecule has 1 atom stereocenters. The van der Waals surface area contributed by atoms with Crippen molar-refractivity contribution in [2.75, 3.05) is 18.4 Å². The van der Waals surface area contributed by atoms with Gasteiger partial charge in [-0.05, 0) is 88.4 Å². The highest BCUT2D eigenvalue weighted by molar-refractivity contribution is 7.12. The summed E-state index contributed by atoms with van der Waals surface area (Å²) in [5.41, 5.74) is 0.434. The molecular formula is C25H31FN2O2S. The van der Waals surface area contributed by atoms with Gasteiger partial charge in [0.1, 0.15) is 11.4 Å². The first kappa shape index (κ1) is 23.5. The molecule has 3 rings (SSSR count). The molecule has 1 fully saturated rings. The van der Waals surface area contributed by atoms with Crippen LogP contribution in [0.5, 0.6) is 0 Å². The summed E-state index contributed by atoms with van der Waals surface area (Å²) < 4.78 is 13.2. The number of carbonyl (C=O) groups excluding carboxylic acids is 1. The highest BCUT2D eigenvalue weighted by Gasteiger charge is 2.21. The highest BCUT2D eigenvalue weighted by Crippen LogP contribution is 2.25. The van der Waals surface area contributed by atoms with Gasteiger partial charge in [0.25, 0.3) is 0 Å². The quantitative estimate of drug-likeness (QED) is 0.623. The van der Waals surface area contributed by atoms with E-state index in [-0.39, 0.29) is 11.7 Å². The molecule has 1 aliphatic heterocycles. The fourth-order valence-electron chi connectivity index (χ4n) is 3.81. The summed E-state index contributed by atoms with van der Waals surface area (Å²) in [5, 5.41) is 12.7. The normalized spacial score (nSPS) is 17.1. The second-order valence-electron chi connectivity index (χ2n) is 8.86. The van der Waals surface area contributed by atoms with Gasteiger partial charge in [-0.15, -0.1) is 11.3 Å². The Labute approximate surface area is 188 Å². The smallest absolute Gasteiger partial charge is 0.224 e. The predicted octanol–water partition coefficient (Wildman–Crippen LogP) is 4.95. The second kappa shape index (κ2) is 10.4. The van der Waals surface area contributed by atoms with Gasteiger partial charge in [0, 0.05) is 30.1 Å². The summed E-state index contributed by atoms with van der Waals surface area (Å²) in [6, 6.07) is 8.55. The summed E-state index contributed by atoms with van der Waals surface area (Å²) in [4.78, 5) is 17.0. The van der Waals surface area contributed by atoms with E-state index < -0.39 is 5.60 Å². The second-order valence-corrected chi connectivity index (χ2v) is 10.0. The number of halogens is 1. The number of amides is 1. The third-order valence-electron chi connectivity index (χ3n) is 5.38. The number of nitrogens with one attached hydrogen (secondary N) is 1. The van der Waals surface area contributed by atoms with Crippen molar-refractivity contribution in [1.29, 1.82) is 0 Å². The van der Waals surface area contributed by atoms with E-state index in [0.29, 0.717) is 18.0 Å². The number of nitrogens with zero attached hydrogens (tertiary/aromatic N) is 1. The SMILES string of the molecule is Cc1cc(F)ccc1NC(=O)CC[C@H]1CCCN(Cc2ccc(C#CC(C)(C)O)s2)C1. The molecule has 2 aromatic rings. The fraction of sp³-hybridized carbons (Fsp3) is 0.480. The average molecular weight is 443 g/mol. The maximum atomic E-state index is 13.2. The molecule has 31 heavy (non-hydrogen) atoms. The number of anilines is 1. The number of thiophene rings is 1. The van der Waals surface area contributed by atoms with E-state index in [0.717, 1.165) is 49.3 Å². The predicted molar refractivity (Wildman–Crippen MR) is 124 cm³/mol. The molecule has 0 spiro atoms. The molecule has 1 aromatic carbocycles. The molecule has 1 aromatic heterocycles. The van der Waals surface area contributed by atoms with Crippen molar-refractivity contribution in [3.05, 3.63) is 51.5 Å². The van der Waals surface area contributed by atoms with Gasteiger partial charge in [-0.25, -0.2) is 4.39 Å². The third-order valence-corrected chi connectivity index (χ3v) is 6.36. The minimum Gasteiger partial charge on any atom is -0.378 e. The van der Waals surface area contributed by atoms with Crippen LogP contribution in [-0.2, 0) is 11.3 Å². The van der Waals surface area contributed by atoms with Crippen LogP contribution in [0, 0.1) is 30.5 Å². The minimum absolute atomic E-state index is 0.0138. The molecule has 0 bridgehead atoms. The van der Waals surface area contributed by atoms with Gasteiger partial charge < -0.3 is 10.4 Å². The first-order chi connectivity index (χ1) is 14.7. The standard InChI is InChI=1S/C25H31FN2O2S/c1-18-15-20(26)7-10-23(18)27-24(29)11-6-19-5-4-14-28(16-19)17-22-9-8-21(31-22)12-13-25(2,3)30/h7-10,15,19,30H,4-6,11,14,16-17H2,1-3H3,(H,27,29)/t19-/m1/s1. The Morgan fingerprint density at radius 3 is 2.90 bits per heavy atom. The number of hydrogen-bond acceptors (Lipinski definition) is 4. The molecule has 2 N–H and O–H groups in total. The van der Waals surface area contributed by atoms with Gasteiger partial charge in [-0.2, -0.15) is 0 Å². The Morgan fingerprint density at radius 2 is 2.16 bits per heavy atom. The van der Waals surface area contributed by atoms with Crippen LogP contribution in [0.4, 0.5) is 10.1 Å². The summed E-state index contributed by atoms with van der Waals surface area (Å²) in [6.45, 7) is 8.12. The molecular weight excluding hydrogens is 411 g/mol. The fourth-order valence-corrected chi connectivity index (χ4v) is 4.71. The van der Waals surface area contributed by atoms with Crippen LogP contribution < -0.4 is 5.32 Å². The number of aryl methyl sites for hydroxylation is 1. The van der Waals surface area contributed by atoms with Crippen molar-refractivity contribution >= 4 is 22.9 Å². The van der Waals surface area contributed by atoms with Crippen LogP contribution >= 0.6 is 11.3 Å². The van der Waals surface area contributed by atoms with Gasteiger partial charge in [0.2, 0.25) is 5.91 Å². The largest absolute Gasteiger partial charge is 0.378 e. The van der Waals surface area contributed by atoms with E-state index in [9.17, 15) is 14.3 Å². The van der Waals surface area contributed by atoms with Gasteiger partial charge in [-0.3, -0.25) is 9.69 Å². The lowest BCUT2D eigenvalue weighted by molar-refractivity contribution is -0.116. The zero-order valence-electron chi connectivity index (χ0n) is 18.5. The molecule has 166 valence electrons. The van der Waals surface area contributed by atoms with Crippen LogP contribution in [-0.4, -0.2) is 34.6 Å². The third kappa shape index (κ3) is 7.77. The Kier molecular flexibility index (Phi) is 7.88. The van der Waals surface area contributed by atoms with Crippen molar-refractivity contribution < 1.29 is 14.3 Å². The summed E-state index contributed by atoms with van der Waals surface area (Å²) in [5.74, 6) is 6.10. The zero-order chi connectivity index (χ0) is 22.4. The van der Waals surface area contributed by atoms with E-state index >= 15 is 0 Å².